The van der Waals surface area contributed by atoms with Crippen LogP contribution in [0.25, 0.3) is 10.2 Å². The molecule has 118 valence electrons. The molecule has 3 aromatic rings. The molecule has 0 saturated heterocycles. The van der Waals surface area contributed by atoms with E-state index < -0.39 is 0 Å². The van der Waals surface area contributed by atoms with Gasteiger partial charge in [0.15, 0.2) is 0 Å². The number of nitrogens with zero attached hydrogens (tertiary/aromatic N) is 2. The number of aromatic nitrogens is 2. The van der Waals surface area contributed by atoms with E-state index in [2.05, 4.69) is 4.98 Å². The van der Waals surface area contributed by atoms with E-state index >= 15 is 0 Å². The van der Waals surface area contributed by atoms with Gasteiger partial charge in [0.25, 0.3) is 5.56 Å². The summed E-state index contributed by atoms with van der Waals surface area (Å²) in [6.45, 7) is 0.464. The van der Waals surface area contributed by atoms with Gasteiger partial charge < -0.3 is 0 Å². The van der Waals surface area contributed by atoms with Crippen LogP contribution in [0.2, 0.25) is 5.02 Å². The average Bonchev–Trinajstić information content (AvgIpc) is 2.75. The quantitative estimate of drug-likeness (QED) is 0.645. The lowest BCUT2D eigenvalue weighted by Gasteiger charge is -2.07. The van der Waals surface area contributed by atoms with Crippen LogP contribution in [0.3, 0.4) is 0 Å². The second-order valence-electron chi connectivity index (χ2n) is 6.01. The molecule has 2 aromatic heterocycles. The Morgan fingerprint density at radius 2 is 2.00 bits per heavy atom. The van der Waals surface area contributed by atoms with E-state index in [1.54, 1.807) is 22.2 Å². The van der Waals surface area contributed by atoms with Crippen molar-refractivity contribution in [3.05, 3.63) is 62.0 Å². The van der Waals surface area contributed by atoms with E-state index in [1.807, 2.05) is 24.3 Å². The maximum atomic E-state index is 13.0. The first-order valence-corrected chi connectivity index (χ1v) is 9.16. The fourth-order valence-corrected chi connectivity index (χ4v) is 4.70. The number of benzene rings is 1. The molecule has 2 heterocycles. The summed E-state index contributed by atoms with van der Waals surface area (Å²) in [7, 11) is 0. The van der Waals surface area contributed by atoms with Gasteiger partial charge in [0, 0.05) is 9.90 Å². The van der Waals surface area contributed by atoms with E-state index in [-0.39, 0.29) is 5.56 Å². The zero-order valence-electron chi connectivity index (χ0n) is 12.7. The molecule has 0 amide bonds. The summed E-state index contributed by atoms with van der Waals surface area (Å²) in [5.74, 6) is 0. The van der Waals surface area contributed by atoms with Gasteiger partial charge in [0.05, 0.1) is 18.3 Å². The Balaban J connectivity index is 1.83. The van der Waals surface area contributed by atoms with Crippen molar-refractivity contribution >= 4 is 33.2 Å². The number of hydrogen-bond acceptors (Lipinski definition) is 3. The monoisotopic (exact) mass is 344 g/mol. The van der Waals surface area contributed by atoms with Crippen LogP contribution < -0.4 is 5.56 Å². The first-order chi connectivity index (χ1) is 11.2. The predicted molar refractivity (Wildman–Crippen MR) is 95.7 cm³/mol. The third kappa shape index (κ3) is 2.70. The zero-order valence-corrected chi connectivity index (χ0v) is 14.3. The third-order valence-electron chi connectivity index (χ3n) is 4.49. The molecule has 0 saturated carbocycles. The first-order valence-electron chi connectivity index (χ1n) is 7.97. The lowest BCUT2D eigenvalue weighted by Crippen LogP contribution is -2.21. The Bertz CT molecular complexity index is 928. The molecule has 0 spiro atoms. The molecule has 1 aliphatic carbocycles. The summed E-state index contributed by atoms with van der Waals surface area (Å²) in [6, 6.07) is 7.64. The van der Waals surface area contributed by atoms with Crippen LogP contribution in [0.4, 0.5) is 0 Å². The zero-order chi connectivity index (χ0) is 15.8. The minimum Gasteiger partial charge on any atom is -0.294 e. The third-order valence-corrected chi connectivity index (χ3v) is 6.06. The highest BCUT2D eigenvalue weighted by molar-refractivity contribution is 7.18. The van der Waals surface area contributed by atoms with Crippen LogP contribution in [0.15, 0.2) is 35.4 Å². The maximum Gasteiger partial charge on any atom is 0.262 e. The summed E-state index contributed by atoms with van der Waals surface area (Å²) in [5, 5.41) is 1.52. The van der Waals surface area contributed by atoms with Crippen molar-refractivity contribution in [1.82, 2.24) is 9.55 Å². The highest BCUT2D eigenvalue weighted by atomic mass is 35.5. The van der Waals surface area contributed by atoms with Gasteiger partial charge >= 0.3 is 0 Å². The summed E-state index contributed by atoms with van der Waals surface area (Å²) in [6.07, 6.45) is 7.37. The molecular weight excluding hydrogens is 328 g/mol. The number of thiophene rings is 1. The maximum absolute atomic E-state index is 13.0. The summed E-state index contributed by atoms with van der Waals surface area (Å²) in [5.41, 5.74) is 2.25. The minimum absolute atomic E-state index is 0.0642. The van der Waals surface area contributed by atoms with Crippen molar-refractivity contribution in [1.29, 1.82) is 0 Å². The molecule has 0 radical (unpaired) electrons. The first kappa shape index (κ1) is 14.9. The molecule has 3 nitrogen and oxygen atoms in total. The van der Waals surface area contributed by atoms with Gasteiger partial charge in [0.2, 0.25) is 0 Å². The van der Waals surface area contributed by atoms with E-state index in [4.69, 9.17) is 11.6 Å². The Kier molecular flexibility index (Phi) is 3.95. The molecule has 0 N–H and O–H groups in total. The molecule has 0 fully saturated rings. The molecule has 0 atom stereocenters. The average molecular weight is 345 g/mol. The molecule has 4 rings (SSSR count). The largest absolute Gasteiger partial charge is 0.294 e. The Morgan fingerprint density at radius 3 is 2.87 bits per heavy atom. The standard InChI is InChI=1S/C18H17ClN2OS/c19-14-8-5-4-6-12(14)10-21-11-20-17-16(18(21)22)13-7-2-1-3-9-15(13)23-17/h4-6,8,11H,1-3,7,9-10H2. The van der Waals surface area contributed by atoms with Gasteiger partial charge in [-0.05, 0) is 42.9 Å². The van der Waals surface area contributed by atoms with Crippen LogP contribution in [-0.4, -0.2) is 9.55 Å². The normalized spacial score (nSPS) is 14.7. The highest BCUT2D eigenvalue weighted by Crippen LogP contribution is 2.32. The van der Waals surface area contributed by atoms with E-state index in [9.17, 15) is 4.79 Å². The molecular formula is C18H17ClN2OS. The van der Waals surface area contributed by atoms with Gasteiger partial charge in [-0.3, -0.25) is 9.36 Å². The molecule has 0 aliphatic heterocycles. The second kappa shape index (κ2) is 6.10. The van der Waals surface area contributed by atoms with Crippen molar-refractivity contribution in [3.63, 3.8) is 0 Å². The van der Waals surface area contributed by atoms with Crippen molar-refractivity contribution in [2.45, 2.75) is 38.6 Å². The second-order valence-corrected chi connectivity index (χ2v) is 7.50. The lowest BCUT2D eigenvalue weighted by molar-refractivity contribution is 0.712. The van der Waals surface area contributed by atoms with Crippen LogP contribution in [-0.2, 0) is 19.4 Å². The number of rotatable bonds is 2. The van der Waals surface area contributed by atoms with Crippen LogP contribution in [0, 0.1) is 0 Å². The topological polar surface area (TPSA) is 34.9 Å². The summed E-state index contributed by atoms with van der Waals surface area (Å²) in [4.78, 5) is 19.8. The molecule has 0 bridgehead atoms. The fourth-order valence-electron chi connectivity index (χ4n) is 3.28. The number of aryl methyl sites for hydroxylation is 2. The predicted octanol–water partition coefficient (Wildman–Crippen LogP) is 4.43. The Hall–Kier alpha value is -1.65. The van der Waals surface area contributed by atoms with E-state index in [0.717, 1.165) is 35.0 Å². The smallest absolute Gasteiger partial charge is 0.262 e. The van der Waals surface area contributed by atoms with Gasteiger partial charge in [-0.25, -0.2) is 4.98 Å². The van der Waals surface area contributed by atoms with Gasteiger partial charge in [-0.15, -0.1) is 11.3 Å². The SMILES string of the molecule is O=c1c2c3c(sc2ncn1Cc1ccccc1Cl)CCCCC3. The van der Waals surface area contributed by atoms with Gasteiger partial charge in [-0.2, -0.15) is 0 Å². The van der Waals surface area contributed by atoms with Crippen LogP contribution in [0.1, 0.15) is 35.3 Å². The number of fused-ring (bicyclic) bond motifs is 3. The van der Waals surface area contributed by atoms with Crippen LogP contribution >= 0.6 is 22.9 Å². The minimum atomic E-state index is 0.0642. The fraction of sp³-hybridized carbons (Fsp3) is 0.333. The van der Waals surface area contributed by atoms with Crippen molar-refractivity contribution in [2.75, 3.05) is 0 Å². The Labute approximate surface area is 143 Å². The van der Waals surface area contributed by atoms with E-state index in [0.29, 0.717) is 11.6 Å². The summed E-state index contributed by atoms with van der Waals surface area (Å²) >= 11 is 7.92. The molecule has 23 heavy (non-hydrogen) atoms. The molecule has 1 aliphatic rings. The van der Waals surface area contributed by atoms with Crippen molar-refractivity contribution in [3.8, 4) is 0 Å². The number of hydrogen-bond donors (Lipinski definition) is 0. The highest BCUT2D eigenvalue weighted by Gasteiger charge is 2.19. The van der Waals surface area contributed by atoms with Crippen LogP contribution in [0.5, 0.6) is 0 Å². The number of halogens is 1. The Morgan fingerprint density at radius 1 is 1.17 bits per heavy atom. The van der Waals surface area contributed by atoms with E-state index in [1.165, 1.54) is 23.3 Å². The van der Waals surface area contributed by atoms with Gasteiger partial charge in [-0.1, -0.05) is 36.2 Å². The molecule has 0 unspecified atom stereocenters. The van der Waals surface area contributed by atoms with Crippen molar-refractivity contribution in [2.24, 2.45) is 0 Å². The lowest BCUT2D eigenvalue weighted by atomic mass is 10.1. The molecule has 5 heteroatoms. The molecule has 1 aromatic carbocycles. The van der Waals surface area contributed by atoms with Crippen molar-refractivity contribution < 1.29 is 0 Å². The summed E-state index contributed by atoms with van der Waals surface area (Å²) < 4.78 is 1.68. The van der Waals surface area contributed by atoms with Gasteiger partial charge in [0.1, 0.15) is 4.83 Å².